The van der Waals surface area contributed by atoms with Gasteiger partial charge in [0.25, 0.3) is 0 Å². The minimum atomic E-state index is -3.83. The first-order chi connectivity index (χ1) is 18.8. The lowest BCUT2D eigenvalue weighted by molar-refractivity contribution is -0.140. The summed E-state index contributed by atoms with van der Waals surface area (Å²) < 4.78 is 27.0. The van der Waals surface area contributed by atoms with Crippen molar-refractivity contribution in [2.75, 3.05) is 23.7 Å². The molecule has 3 aromatic carbocycles. The van der Waals surface area contributed by atoms with Crippen molar-refractivity contribution in [3.63, 3.8) is 0 Å². The summed E-state index contributed by atoms with van der Waals surface area (Å²) in [7, 11) is -3.83. The quantitative estimate of drug-likeness (QED) is 0.320. The number of nitrogens with one attached hydrogen (secondary N) is 1. The third kappa shape index (κ3) is 8.83. The Hall–Kier alpha value is -3.36. The van der Waals surface area contributed by atoms with Gasteiger partial charge in [0.15, 0.2) is 0 Å². The largest absolute Gasteiger partial charge is 0.354 e. The van der Waals surface area contributed by atoms with Crippen molar-refractivity contribution < 1.29 is 18.0 Å². The number of nitrogens with zero attached hydrogens (tertiary/aromatic N) is 2. The van der Waals surface area contributed by atoms with Gasteiger partial charge >= 0.3 is 0 Å². The highest BCUT2D eigenvalue weighted by atomic mass is 35.5. The summed E-state index contributed by atoms with van der Waals surface area (Å²) in [4.78, 5) is 29.2. The summed E-state index contributed by atoms with van der Waals surface area (Å²) in [5, 5.41) is 3.42. The first-order valence-corrected chi connectivity index (χ1v) is 15.5. The molecule has 9 heteroatoms. The van der Waals surface area contributed by atoms with Gasteiger partial charge in [0, 0.05) is 24.5 Å². The number of halogens is 1. The lowest BCUT2D eigenvalue weighted by Gasteiger charge is -2.34. The molecule has 2 amide bonds. The molecule has 0 aliphatic carbocycles. The second-order valence-electron chi connectivity index (χ2n) is 10.6. The highest BCUT2D eigenvalue weighted by Crippen LogP contribution is 2.24. The maximum Gasteiger partial charge on any atom is 0.244 e. The molecule has 1 N–H and O–H groups in total. The molecule has 0 aromatic heterocycles. The van der Waals surface area contributed by atoms with Crippen LogP contribution < -0.4 is 9.62 Å². The first-order valence-electron chi connectivity index (χ1n) is 13.3. The van der Waals surface area contributed by atoms with Crippen molar-refractivity contribution in [2.45, 2.75) is 46.7 Å². The van der Waals surface area contributed by atoms with Crippen molar-refractivity contribution in [2.24, 2.45) is 5.92 Å². The summed E-state index contributed by atoms with van der Waals surface area (Å²) in [6, 6.07) is 21.1. The third-order valence-corrected chi connectivity index (χ3v) is 7.94. The summed E-state index contributed by atoms with van der Waals surface area (Å²) in [5.74, 6) is -0.611. The number of anilines is 1. The van der Waals surface area contributed by atoms with Crippen molar-refractivity contribution in [3.8, 4) is 0 Å². The van der Waals surface area contributed by atoms with Crippen LogP contribution >= 0.6 is 11.6 Å². The summed E-state index contributed by atoms with van der Waals surface area (Å²) in [5.41, 5.74) is 3.68. The predicted octanol–water partition coefficient (Wildman–Crippen LogP) is 5.14. The molecule has 0 saturated carbocycles. The fraction of sp³-hybridized carbons (Fsp3) is 0.355. The molecule has 0 fully saturated rings. The van der Waals surface area contributed by atoms with Crippen LogP contribution in [0.1, 0.15) is 36.1 Å². The van der Waals surface area contributed by atoms with Crippen LogP contribution in [0.2, 0.25) is 5.02 Å². The maximum atomic E-state index is 14.1. The highest BCUT2D eigenvalue weighted by Gasteiger charge is 2.33. The molecule has 1 atom stereocenters. The maximum absolute atomic E-state index is 14.1. The Morgan fingerprint density at radius 2 is 1.52 bits per heavy atom. The molecule has 40 heavy (non-hydrogen) atoms. The van der Waals surface area contributed by atoms with Gasteiger partial charge in [-0.3, -0.25) is 13.9 Å². The van der Waals surface area contributed by atoms with Crippen molar-refractivity contribution >= 4 is 39.1 Å². The summed E-state index contributed by atoms with van der Waals surface area (Å²) in [6.45, 7) is 7.75. The molecule has 214 valence electrons. The van der Waals surface area contributed by atoms with E-state index < -0.39 is 28.5 Å². The van der Waals surface area contributed by atoms with Crippen molar-refractivity contribution in [3.05, 3.63) is 100 Å². The van der Waals surface area contributed by atoms with E-state index in [-0.39, 0.29) is 24.8 Å². The Balaban J connectivity index is 2.07. The van der Waals surface area contributed by atoms with E-state index in [1.165, 1.54) is 4.90 Å². The lowest BCUT2D eigenvalue weighted by atomic mass is 10.0. The Bertz CT molecular complexity index is 1410. The van der Waals surface area contributed by atoms with E-state index in [1.54, 1.807) is 30.3 Å². The molecule has 7 nitrogen and oxygen atoms in total. The number of hydrogen-bond donors (Lipinski definition) is 1. The van der Waals surface area contributed by atoms with E-state index in [2.05, 4.69) is 5.32 Å². The van der Waals surface area contributed by atoms with E-state index >= 15 is 0 Å². The van der Waals surface area contributed by atoms with E-state index in [4.69, 9.17) is 11.6 Å². The average molecular weight is 584 g/mol. The van der Waals surface area contributed by atoms with Crippen molar-refractivity contribution in [1.29, 1.82) is 0 Å². The molecule has 0 aliphatic heterocycles. The van der Waals surface area contributed by atoms with Gasteiger partial charge in [-0.25, -0.2) is 8.42 Å². The standard InChI is InChI=1S/C31H38ClN3O4S/c1-22(2)19-33-31(37)29(18-25-11-7-6-8-12-25)34(20-26-13-9-10-14-28(26)32)30(36)21-35(40(5,38)39)27-16-23(3)15-24(4)17-27/h6-17,22,29H,18-21H2,1-5H3,(H,33,37)/t29-/m1/s1. The topological polar surface area (TPSA) is 86.8 Å². The van der Waals surface area contributed by atoms with Crippen LogP contribution in [-0.2, 0) is 32.6 Å². The number of benzene rings is 3. The van der Waals surface area contributed by atoms with Gasteiger partial charge in [0.2, 0.25) is 21.8 Å². The van der Waals surface area contributed by atoms with Crippen LogP contribution in [0.3, 0.4) is 0 Å². The number of carbonyl (C=O) groups is 2. The molecule has 0 bridgehead atoms. The summed E-state index contributed by atoms with van der Waals surface area (Å²) >= 11 is 6.48. The van der Waals surface area contributed by atoms with E-state index in [0.29, 0.717) is 22.8 Å². The van der Waals surface area contributed by atoms with Crippen LogP contribution in [0.5, 0.6) is 0 Å². The molecule has 3 rings (SSSR count). The van der Waals surface area contributed by atoms with Gasteiger partial charge < -0.3 is 10.2 Å². The Morgan fingerprint density at radius 1 is 0.925 bits per heavy atom. The van der Waals surface area contributed by atoms with E-state index in [0.717, 1.165) is 27.3 Å². The fourth-order valence-electron chi connectivity index (χ4n) is 4.49. The molecule has 0 heterocycles. The molecular weight excluding hydrogens is 546 g/mol. The summed E-state index contributed by atoms with van der Waals surface area (Å²) in [6.07, 6.45) is 1.33. The van der Waals surface area contributed by atoms with Gasteiger partial charge in [-0.05, 0) is 60.2 Å². The van der Waals surface area contributed by atoms with Crippen LogP contribution in [0.15, 0.2) is 72.8 Å². The predicted molar refractivity (Wildman–Crippen MR) is 162 cm³/mol. The number of rotatable bonds is 12. The van der Waals surface area contributed by atoms with Crippen LogP contribution in [0, 0.1) is 19.8 Å². The Labute approximate surface area is 243 Å². The van der Waals surface area contributed by atoms with E-state index in [1.807, 2.05) is 70.2 Å². The monoisotopic (exact) mass is 583 g/mol. The Morgan fingerprint density at radius 3 is 2.10 bits per heavy atom. The van der Waals surface area contributed by atoms with E-state index in [9.17, 15) is 18.0 Å². The molecule has 3 aromatic rings. The number of amides is 2. The minimum Gasteiger partial charge on any atom is -0.354 e. The van der Waals surface area contributed by atoms with Gasteiger partial charge in [0.05, 0.1) is 11.9 Å². The molecule has 0 spiro atoms. The van der Waals surface area contributed by atoms with Gasteiger partial charge in [-0.2, -0.15) is 0 Å². The first kappa shape index (κ1) is 31.2. The molecule has 0 unspecified atom stereocenters. The van der Waals surface area contributed by atoms with Gasteiger partial charge in [0.1, 0.15) is 12.6 Å². The van der Waals surface area contributed by atoms with Gasteiger partial charge in [-0.15, -0.1) is 0 Å². The Kier molecular flexibility index (Phi) is 10.8. The van der Waals surface area contributed by atoms with Crippen LogP contribution in [0.25, 0.3) is 0 Å². The fourth-order valence-corrected chi connectivity index (χ4v) is 5.52. The highest BCUT2D eigenvalue weighted by molar-refractivity contribution is 7.92. The second kappa shape index (κ2) is 13.8. The SMILES string of the molecule is Cc1cc(C)cc(N(CC(=O)N(Cc2ccccc2Cl)[C@H](Cc2ccccc2)C(=O)NCC(C)C)S(C)(=O)=O)c1. The molecule has 0 aliphatic rings. The second-order valence-corrected chi connectivity index (χ2v) is 12.9. The zero-order valence-electron chi connectivity index (χ0n) is 23.7. The average Bonchev–Trinajstić information content (AvgIpc) is 2.88. The van der Waals surface area contributed by atoms with Crippen LogP contribution in [0.4, 0.5) is 5.69 Å². The lowest BCUT2D eigenvalue weighted by Crippen LogP contribution is -2.53. The normalized spacial score (nSPS) is 12.2. The smallest absolute Gasteiger partial charge is 0.244 e. The van der Waals surface area contributed by atoms with Crippen LogP contribution in [-0.4, -0.2) is 50.5 Å². The zero-order valence-corrected chi connectivity index (χ0v) is 25.3. The molecular formula is C31H38ClN3O4S. The number of carbonyl (C=O) groups excluding carboxylic acids is 2. The number of hydrogen-bond acceptors (Lipinski definition) is 4. The number of aryl methyl sites for hydroxylation is 2. The van der Waals surface area contributed by atoms with Crippen molar-refractivity contribution in [1.82, 2.24) is 10.2 Å². The van der Waals surface area contributed by atoms with Gasteiger partial charge in [-0.1, -0.05) is 80.0 Å². The number of sulfonamides is 1. The molecule has 0 saturated heterocycles. The minimum absolute atomic E-state index is 0.0373. The third-order valence-electron chi connectivity index (χ3n) is 6.43. The molecule has 0 radical (unpaired) electrons. The zero-order chi connectivity index (χ0) is 29.4.